The monoisotopic (exact) mass is 462 g/mol. The molecule has 1 aliphatic rings. The lowest BCUT2D eigenvalue weighted by molar-refractivity contribution is 0.0898. The van der Waals surface area contributed by atoms with E-state index in [-0.39, 0.29) is 38.2 Å². The van der Waals surface area contributed by atoms with E-state index in [1.165, 1.54) is 0 Å². The zero-order valence-electron chi connectivity index (χ0n) is 14.9. The van der Waals surface area contributed by atoms with Crippen LogP contribution in [-0.4, -0.2) is 51.6 Å². The fourth-order valence-corrected chi connectivity index (χ4v) is 2.88. The molecule has 0 bridgehead atoms. The number of rotatable bonds is 7. The molecule has 150 valence electrons. The van der Waals surface area contributed by atoms with Crippen molar-refractivity contribution in [3.8, 4) is 11.5 Å². The Labute approximate surface area is 172 Å². The zero-order chi connectivity index (χ0) is 20.2. The molecule has 0 fully saturated rings. The van der Waals surface area contributed by atoms with Crippen LogP contribution in [0, 0.1) is 0 Å². The molecule has 0 saturated heterocycles. The molecule has 2 aromatic heterocycles. The zero-order valence-corrected chi connectivity index (χ0v) is 16.5. The molecule has 2 N–H and O–H groups in total. The number of nitrogens with zero attached hydrogens (tertiary/aromatic N) is 4. The van der Waals surface area contributed by atoms with Gasteiger partial charge in [0.05, 0.1) is 10.7 Å². The Hall–Kier alpha value is -3.41. The first-order valence-corrected chi connectivity index (χ1v) is 9.34. The van der Waals surface area contributed by atoms with E-state index in [2.05, 4.69) is 41.8 Å². The fourth-order valence-electron chi connectivity index (χ4n) is 2.55. The molecular formula is C17H15BrN6O5. The van der Waals surface area contributed by atoms with E-state index < -0.39 is 5.91 Å². The Balaban J connectivity index is 1.22. The summed E-state index contributed by atoms with van der Waals surface area (Å²) >= 11 is 3.29. The number of nitrogens with one attached hydrogen (secondary N) is 2. The highest BCUT2D eigenvalue weighted by Crippen LogP contribution is 2.32. The first-order chi connectivity index (χ1) is 14.1. The van der Waals surface area contributed by atoms with E-state index in [1.807, 2.05) is 0 Å². The van der Waals surface area contributed by atoms with Crippen LogP contribution < -0.4 is 20.1 Å². The van der Waals surface area contributed by atoms with Gasteiger partial charge in [0.2, 0.25) is 6.79 Å². The first kappa shape index (κ1) is 18.9. The predicted octanol–water partition coefficient (Wildman–Crippen LogP) is 0.965. The van der Waals surface area contributed by atoms with Crippen LogP contribution in [0.5, 0.6) is 11.5 Å². The molecule has 0 radical (unpaired) electrons. The largest absolute Gasteiger partial charge is 0.454 e. The van der Waals surface area contributed by atoms with Gasteiger partial charge in [-0.2, -0.15) is 10.1 Å². The molecule has 0 saturated carbocycles. The lowest BCUT2D eigenvalue weighted by Crippen LogP contribution is -2.34. The molecular weight excluding hydrogens is 448 g/mol. The average Bonchev–Trinajstić information content (AvgIpc) is 3.45. The summed E-state index contributed by atoms with van der Waals surface area (Å²) in [7, 11) is 0. The van der Waals surface area contributed by atoms with Crippen LogP contribution in [0.1, 0.15) is 26.9 Å². The topological polar surface area (TPSA) is 133 Å². The van der Waals surface area contributed by atoms with Gasteiger partial charge in [-0.15, -0.1) is 0 Å². The van der Waals surface area contributed by atoms with Crippen molar-refractivity contribution >= 4 is 27.7 Å². The molecule has 1 aromatic carbocycles. The van der Waals surface area contributed by atoms with Gasteiger partial charge < -0.3 is 24.6 Å². The van der Waals surface area contributed by atoms with Crippen LogP contribution in [0.2, 0.25) is 0 Å². The van der Waals surface area contributed by atoms with Crippen molar-refractivity contribution in [2.45, 2.75) is 6.54 Å². The third-order valence-corrected chi connectivity index (χ3v) is 4.31. The van der Waals surface area contributed by atoms with E-state index in [4.69, 9.17) is 14.0 Å². The van der Waals surface area contributed by atoms with Crippen LogP contribution in [0.15, 0.2) is 39.6 Å². The lowest BCUT2D eigenvalue weighted by Gasteiger charge is -2.06. The number of carbonyl (C=O) groups is 2. The highest BCUT2D eigenvalue weighted by Gasteiger charge is 2.17. The summed E-state index contributed by atoms with van der Waals surface area (Å²) in [5.41, 5.74) is 0.437. The van der Waals surface area contributed by atoms with Gasteiger partial charge in [-0.3, -0.25) is 14.3 Å². The number of ether oxygens (including phenoxy) is 2. The summed E-state index contributed by atoms with van der Waals surface area (Å²) in [6, 6.07) is 4.92. The molecule has 0 atom stereocenters. The van der Waals surface area contributed by atoms with Gasteiger partial charge in [-0.05, 0) is 34.1 Å². The van der Waals surface area contributed by atoms with Crippen LogP contribution >= 0.6 is 15.9 Å². The molecule has 11 nitrogen and oxygen atoms in total. The maximum absolute atomic E-state index is 12.2. The van der Waals surface area contributed by atoms with Crippen molar-refractivity contribution in [1.82, 2.24) is 30.6 Å². The fraction of sp³-hybridized carbons (Fsp3) is 0.235. The van der Waals surface area contributed by atoms with Gasteiger partial charge in [0.15, 0.2) is 17.3 Å². The second-order valence-corrected chi connectivity index (χ2v) is 6.87. The maximum Gasteiger partial charge on any atom is 0.316 e. The first-order valence-electron chi connectivity index (χ1n) is 8.55. The molecule has 0 spiro atoms. The molecule has 3 heterocycles. The molecule has 3 aromatic rings. The summed E-state index contributed by atoms with van der Waals surface area (Å²) in [6.07, 6.45) is 3.38. The quantitative estimate of drug-likeness (QED) is 0.496. The minimum Gasteiger partial charge on any atom is -0.454 e. The van der Waals surface area contributed by atoms with Crippen LogP contribution in [0.4, 0.5) is 0 Å². The molecule has 2 amide bonds. The Morgan fingerprint density at radius 3 is 2.72 bits per heavy atom. The Morgan fingerprint density at radius 2 is 1.93 bits per heavy atom. The van der Waals surface area contributed by atoms with Gasteiger partial charge in [0.25, 0.3) is 5.91 Å². The smallest absolute Gasteiger partial charge is 0.316 e. The molecule has 4 rings (SSSR count). The normalized spacial score (nSPS) is 12.0. The standard InChI is InChI=1S/C17H15BrN6O5/c18-11-6-21-24(7-11)8-14-22-17(29-23-14)16(26)20-4-3-19-15(25)10-1-2-12-13(5-10)28-9-27-12/h1-2,5-7H,3-4,8-9H2,(H,19,25)(H,20,26). The van der Waals surface area contributed by atoms with Gasteiger partial charge >= 0.3 is 11.8 Å². The summed E-state index contributed by atoms with van der Waals surface area (Å²) in [5, 5.41) is 13.1. The Morgan fingerprint density at radius 1 is 1.14 bits per heavy atom. The predicted molar refractivity (Wildman–Crippen MR) is 101 cm³/mol. The summed E-state index contributed by atoms with van der Waals surface area (Å²) in [4.78, 5) is 28.3. The van der Waals surface area contributed by atoms with E-state index in [0.717, 1.165) is 4.47 Å². The van der Waals surface area contributed by atoms with E-state index in [1.54, 1.807) is 35.3 Å². The second-order valence-electron chi connectivity index (χ2n) is 5.95. The average molecular weight is 463 g/mol. The third-order valence-electron chi connectivity index (χ3n) is 3.90. The van der Waals surface area contributed by atoms with Crippen molar-refractivity contribution in [1.29, 1.82) is 0 Å². The number of amides is 2. The third kappa shape index (κ3) is 4.54. The summed E-state index contributed by atoms with van der Waals surface area (Å²) in [6.45, 7) is 0.831. The number of fused-ring (bicyclic) bond motifs is 1. The highest BCUT2D eigenvalue weighted by molar-refractivity contribution is 9.10. The van der Waals surface area contributed by atoms with Crippen molar-refractivity contribution < 1.29 is 23.6 Å². The SMILES string of the molecule is O=C(NCCNC(=O)c1nc(Cn2cc(Br)cn2)no1)c1ccc2c(c1)OCO2. The number of benzene rings is 1. The minimum atomic E-state index is -0.525. The molecule has 0 unspecified atom stereocenters. The maximum atomic E-state index is 12.2. The Bertz CT molecular complexity index is 1050. The summed E-state index contributed by atoms with van der Waals surface area (Å²) < 4.78 is 17.8. The molecule has 29 heavy (non-hydrogen) atoms. The summed E-state index contributed by atoms with van der Waals surface area (Å²) in [5.74, 6) is 0.481. The van der Waals surface area contributed by atoms with Crippen molar-refractivity contribution in [2.24, 2.45) is 0 Å². The van der Waals surface area contributed by atoms with Crippen LogP contribution in [-0.2, 0) is 6.54 Å². The number of aromatic nitrogens is 4. The number of hydrogen-bond acceptors (Lipinski definition) is 8. The molecule has 12 heteroatoms. The molecule has 0 aliphatic carbocycles. The lowest BCUT2D eigenvalue weighted by atomic mass is 10.2. The van der Waals surface area contributed by atoms with E-state index in [0.29, 0.717) is 22.9 Å². The van der Waals surface area contributed by atoms with Crippen molar-refractivity contribution in [2.75, 3.05) is 19.9 Å². The van der Waals surface area contributed by atoms with Gasteiger partial charge in [-0.25, -0.2) is 0 Å². The van der Waals surface area contributed by atoms with Crippen molar-refractivity contribution in [3.05, 3.63) is 52.3 Å². The number of carbonyl (C=O) groups excluding carboxylic acids is 2. The minimum absolute atomic E-state index is 0.142. The van der Waals surface area contributed by atoms with Crippen LogP contribution in [0.25, 0.3) is 0 Å². The van der Waals surface area contributed by atoms with Crippen molar-refractivity contribution in [3.63, 3.8) is 0 Å². The van der Waals surface area contributed by atoms with Crippen LogP contribution in [0.3, 0.4) is 0 Å². The van der Waals surface area contributed by atoms with E-state index >= 15 is 0 Å². The molecule has 1 aliphatic heterocycles. The van der Waals surface area contributed by atoms with Gasteiger partial charge in [0.1, 0.15) is 6.54 Å². The number of halogens is 1. The highest BCUT2D eigenvalue weighted by atomic mass is 79.9. The van der Waals surface area contributed by atoms with Gasteiger partial charge in [-0.1, -0.05) is 5.16 Å². The van der Waals surface area contributed by atoms with E-state index in [9.17, 15) is 9.59 Å². The van der Waals surface area contributed by atoms with Gasteiger partial charge in [0, 0.05) is 24.8 Å². The number of hydrogen-bond donors (Lipinski definition) is 2. The second kappa shape index (κ2) is 8.31. The Kier molecular flexibility index (Phi) is 5.42.